The maximum absolute atomic E-state index is 12.8. The summed E-state index contributed by atoms with van der Waals surface area (Å²) in [4.78, 5) is 25.5. The van der Waals surface area contributed by atoms with Crippen molar-refractivity contribution in [1.82, 2.24) is 0 Å². The predicted octanol–water partition coefficient (Wildman–Crippen LogP) is 8.04. The molecule has 0 radical (unpaired) electrons. The summed E-state index contributed by atoms with van der Waals surface area (Å²) in [5.74, 6) is 2.03. The largest absolute Gasteiger partial charge is 0.459 e. The molecule has 0 N–H and O–H groups in total. The van der Waals surface area contributed by atoms with E-state index in [-0.39, 0.29) is 35.0 Å². The van der Waals surface area contributed by atoms with Gasteiger partial charge in [-0.05, 0) is 105 Å². The highest BCUT2D eigenvalue weighted by molar-refractivity contribution is 5.89. The number of rotatable bonds is 5. The van der Waals surface area contributed by atoms with Gasteiger partial charge in [0.15, 0.2) is 0 Å². The molecule has 3 saturated carbocycles. The molecule has 3 fully saturated rings. The minimum atomic E-state index is -0.203. The summed E-state index contributed by atoms with van der Waals surface area (Å²) in [5.41, 5.74) is 3.19. The van der Waals surface area contributed by atoms with Gasteiger partial charge in [0.25, 0.3) is 0 Å². The van der Waals surface area contributed by atoms with E-state index in [9.17, 15) is 9.59 Å². The number of carbonyl (C=O) groups excluding carboxylic acids is 2. The molecule has 0 bridgehead atoms. The van der Waals surface area contributed by atoms with Crippen LogP contribution in [0, 0.1) is 34.5 Å². The van der Waals surface area contributed by atoms with Gasteiger partial charge < -0.3 is 9.47 Å². The maximum atomic E-state index is 12.8. The van der Waals surface area contributed by atoms with Gasteiger partial charge in [-0.1, -0.05) is 61.9 Å². The van der Waals surface area contributed by atoms with Crippen LogP contribution in [0.25, 0.3) is 0 Å². The van der Waals surface area contributed by atoms with Crippen LogP contribution in [0.3, 0.4) is 0 Å². The lowest BCUT2D eigenvalue weighted by atomic mass is 9.47. The van der Waals surface area contributed by atoms with E-state index in [4.69, 9.17) is 9.47 Å². The Kier molecular flexibility index (Phi) is 6.93. The van der Waals surface area contributed by atoms with Crippen LogP contribution < -0.4 is 0 Å². The molecule has 39 heavy (non-hydrogen) atoms. The summed E-state index contributed by atoms with van der Waals surface area (Å²) in [7, 11) is 0. The third-order valence-corrected chi connectivity index (χ3v) is 11.3. The highest BCUT2D eigenvalue weighted by Gasteiger charge is 2.59. The van der Waals surface area contributed by atoms with Crippen LogP contribution in [-0.4, -0.2) is 24.1 Å². The van der Waals surface area contributed by atoms with E-state index in [1.807, 2.05) is 60.7 Å². The molecule has 0 heterocycles. The lowest BCUT2D eigenvalue weighted by Gasteiger charge is -2.58. The number of hydrogen-bond donors (Lipinski definition) is 0. The minimum Gasteiger partial charge on any atom is -0.459 e. The van der Waals surface area contributed by atoms with E-state index < -0.39 is 0 Å². The number of benzene rings is 2. The van der Waals surface area contributed by atoms with E-state index in [0.29, 0.717) is 34.8 Å². The molecule has 4 aliphatic rings. The Hall–Kier alpha value is -2.88. The predicted molar refractivity (Wildman–Crippen MR) is 152 cm³/mol. The van der Waals surface area contributed by atoms with Gasteiger partial charge in [-0.15, -0.1) is 0 Å². The Bertz CT molecular complexity index is 1240. The second-order valence-corrected chi connectivity index (χ2v) is 13.1. The van der Waals surface area contributed by atoms with Crippen molar-refractivity contribution in [3.63, 3.8) is 0 Å². The summed E-state index contributed by atoms with van der Waals surface area (Å²) in [6.07, 6.45) is 11.2. The van der Waals surface area contributed by atoms with Crippen molar-refractivity contribution in [2.75, 3.05) is 0 Å². The van der Waals surface area contributed by atoms with Crippen LogP contribution in [0.15, 0.2) is 72.3 Å². The van der Waals surface area contributed by atoms with Crippen LogP contribution in [0.2, 0.25) is 0 Å². The molecule has 4 nitrogen and oxygen atoms in total. The van der Waals surface area contributed by atoms with Crippen LogP contribution in [0.4, 0.5) is 0 Å². The Morgan fingerprint density at radius 3 is 2.18 bits per heavy atom. The number of ether oxygens (including phenoxy) is 2. The molecular formula is C35H42O4. The number of hydrogen-bond acceptors (Lipinski definition) is 4. The van der Waals surface area contributed by atoms with Crippen LogP contribution in [0.5, 0.6) is 0 Å². The Balaban J connectivity index is 1.14. The average Bonchev–Trinajstić information content (AvgIpc) is 3.31. The fourth-order valence-electron chi connectivity index (χ4n) is 9.23. The third-order valence-electron chi connectivity index (χ3n) is 11.3. The van der Waals surface area contributed by atoms with Crippen LogP contribution in [0.1, 0.15) is 92.9 Å². The van der Waals surface area contributed by atoms with Crippen molar-refractivity contribution in [2.24, 2.45) is 34.5 Å². The second kappa shape index (κ2) is 10.3. The van der Waals surface area contributed by atoms with Crippen LogP contribution in [-0.2, 0) is 9.47 Å². The fraction of sp³-hybridized carbons (Fsp3) is 0.543. The van der Waals surface area contributed by atoms with Gasteiger partial charge in [0.05, 0.1) is 11.1 Å². The zero-order valence-electron chi connectivity index (χ0n) is 23.6. The molecule has 0 spiro atoms. The van der Waals surface area contributed by atoms with E-state index in [0.717, 1.165) is 32.1 Å². The van der Waals surface area contributed by atoms with Gasteiger partial charge in [-0.2, -0.15) is 0 Å². The number of esters is 2. The molecule has 0 aromatic heterocycles. The highest BCUT2D eigenvalue weighted by atomic mass is 16.5. The molecule has 2 aromatic carbocycles. The number of carbonyl (C=O) groups is 2. The van der Waals surface area contributed by atoms with Gasteiger partial charge in [0.2, 0.25) is 0 Å². The van der Waals surface area contributed by atoms with E-state index in [1.165, 1.54) is 24.8 Å². The number of fused-ring (bicyclic) bond motifs is 5. The van der Waals surface area contributed by atoms with Gasteiger partial charge in [0.1, 0.15) is 12.2 Å². The normalized spacial score (nSPS) is 36.0. The molecule has 0 amide bonds. The van der Waals surface area contributed by atoms with Gasteiger partial charge >= 0.3 is 11.9 Å². The molecule has 6 rings (SSSR count). The highest BCUT2D eigenvalue weighted by Crippen LogP contribution is 2.66. The monoisotopic (exact) mass is 526 g/mol. The van der Waals surface area contributed by atoms with E-state index >= 15 is 0 Å². The van der Waals surface area contributed by atoms with Crippen molar-refractivity contribution in [3.05, 3.63) is 83.4 Å². The third kappa shape index (κ3) is 4.64. The Morgan fingerprint density at radius 2 is 1.49 bits per heavy atom. The zero-order chi connectivity index (χ0) is 27.2. The van der Waals surface area contributed by atoms with Crippen LogP contribution >= 0.6 is 0 Å². The smallest absolute Gasteiger partial charge is 0.338 e. The first-order valence-electron chi connectivity index (χ1n) is 15.0. The summed E-state index contributed by atoms with van der Waals surface area (Å²) in [6.45, 7) is 7.09. The molecular weight excluding hydrogens is 484 g/mol. The molecule has 206 valence electrons. The van der Waals surface area contributed by atoms with Gasteiger partial charge in [-0.25, -0.2) is 9.59 Å². The minimum absolute atomic E-state index is 0.0292. The van der Waals surface area contributed by atoms with Crippen molar-refractivity contribution in [2.45, 2.75) is 84.3 Å². The Labute approximate surface area is 233 Å². The summed E-state index contributed by atoms with van der Waals surface area (Å²) >= 11 is 0. The lowest BCUT2D eigenvalue weighted by Crippen LogP contribution is -2.51. The first kappa shape index (κ1) is 26.3. The summed E-state index contributed by atoms with van der Waals surface area (Å²) in [5, 5.41) is 0. The molecule has 4 heteroatoms. The number of allylic oxidation sites excluding steroid dienone is 1. The quantitative estimate of drug-likeness (QED) is 0.292. The molecule has 4 aliphatic carbocycles. The fourth-order valence-corrected chi connectivity index (χ4v) is 9.23. The molecule has 2 aromatic rings. The first-order valence-corrected chi connectivity index (χ1v) is 15.0. The second-order valence-electron chi connectivity index (χ2n) is 13.1. The van der Waals surface area contributed by atoms with Gasteiger partial charge in [0, 0.05) is 12.3 Å². The average molecular weight is 527 g/mol. The Morgan fingerprint density at radius 1 is 0.821 bits per heavy atom. The van der Waals surface area contributed by atoms with Crippen molar-refractivity contribution < 1.29 is 19.1 Å². The van der Waals surface area contributed by atoms with Crippen molar-refractivity contribution in [1.29, 1.82) is 0 Å². The topological polar surface area (TPSA) is 52.6 Å². The van der Waals surface area contributed by atoms with Gasteiger partial charge in [-0.3, -0.25) is 0 Å². The standard InChI is InChI=1S/C35H42O4/c1-23(38-32(36)24-10-6-4-7-11-24)29-16-17-30-28-15-14-26-22-27(39-33(37)25-12-8-5-9-13-25)18-20-34(26,2)31(28)19-21-35(29,30)3/h4-14,23,27-31H,15-22H2,1-3H3/t23-,27+,28-,29+,30-,31-,34-,35+/m0/s1. The molecule has 0 saturated heterocycles. The molecule has 8 atom stereocenters. The maximum Gasteiger partial charge on any atom is 0.338 e. The van der Waals surface area contributed by atoms with Crippen molar-refractivity contribution in [3.8, 4) is 0 Å². The first-order chi connectivity index (χ1) is 18.8. The lowest BCUT2D eigenvalue weighted by molar-refractivity contribution is -0.0727. The van der Waals surface area contributed by atoms with Crippen molar-refractivity contribution >= 4 is 11.9 Å². The SMILES string of the molecule is C[C@H](OC(=O)c1ccccc1)[C@H]1CC[C@H]2[C@@H]3CC=C4C[C@H](OC(=O)c5ccccc5)CC[C@]4(C)[C@H]3CC[C@]12C. The molecule has 0 unspecified atom stereocenters. The molecule has 0 aliphatic heterocycles. The zero-order valence-corrected chi connectivity index (χ0v) is 23.6. The summed E-state index contributed by atoms with van der Waals surface area (Å²) < 4.78 is 12.0. The van der Waals surface area contributed by atoms with E-state index in [1.54, 1.807) is 0 Å². The van der Waals surface area contributed by atoms with E-state index in [2.05, 4.69) is 26.8 Å². The summed E-state index contributed by atoms with van der Waals surface area (Å²) in [6, 6.07) is 18.7.